The average Bonchev–Trinajstić information content (AvgIpc) is 2.85. The molecule has 1 N–H and O–H groups in total. The lowest BCUT2D eigenvalue weighted by atomic mass is 10.2. The summed E-state index contributed by atoms with van der Waals surface area (Å²) < 4.78 is 12.6. The summed E-state index contributed by atoms with van der Waals surface area (Å²) in [4.78, 5) is 11.1. The summed E-state index contributed by atoms with van der Waals surface area (Å²) in [6.45, 7) is 0.479. The van der Waals surface area contributed by atoms with Crippen LogP contribution in [0.1, 0.15) is 21.7 Å². The number of methoxy groups -OCH3 is 2. The summed E-state index contributed by atoms with van der Waals surface area (Å²) in [5, 5.41) is 16.7. The molecule has 0 spiro atoms. The maximum atomic E-state index is 11.1. The molecule has 2 aromatic rings. The van der Waals surface area contributed by atoms with E-state index in [0.29, 0.717) is 18.0 Å². The Labute approximate surface area is 129 Å². The third kappa shape index (κ3) is 3.40. The van der Waals surface area contributed by atoms with E-state index < -0.39 is 5.97 Å². The van der Waals surface area contributed by atoms with Crippen molar-refractivity contribution in [2.75, 3.05) is 14.2 Å². The molecule has 7 nitrogen and oxygen atoms in total. The number of hydrogen-bond acceptors (Lipinski definition) is 5. The molecule has 21 heavy (non-hydrogen) atoms. The number of aromatic nitrogens is 3. The standard InChI is InChI=1S/C13H14BrN3O4/c1-20-7-11-12(13(18)19)15-16-17(11)6-8-5-9(21-2)3-4-10(8)14/h3-5H,6-7H2,1-2H3,(H,18,19). The lowest BCUT2D eigenvalue weighted by Crippen LogP contribution is -2.10. The van der Waals surface area contributed by atoms with Crippen LogP contribution in [0.4, 0.5) is 0 Å². The molecule has 0 aliphatic rings. The molecule has 0 bridgehead atoms. The van der Waals surface area contributed by atoms with Crippen molar-refractivity contribution in [3.8, 4) is 5.75 Å². The first kappa shape index (κ1) is 15.5. The molecular weight excluding hydrogens is 342 g/mol. The predicted octanol–water partition coefficient (Wildman–Crippen LogP) is 1.94. The first-order valence-corrected chi connectivity index (χ1v) is 6.83. The van der Waals surface area contributed by atoms with Crippen LogP contribution >= 0.6 is 15.9 Å². The summed E-state index contributed by atoms with van der Waals surface area (Å²) in [6, 6.07) is 5.54. The van der Waals surface area contributed by atoms with Gasteiger partial charge in [-0.2, -0.15) is 0 Å². The molecule has 8 heteroatoms. The van der Waals surface area contributed by atoms with Crippen LogP contribution in [0.15, 0.2) is 22.7 Å². The summed E-state index contributed by atoms with van der Waals surface area (Å²) in [5.74, 6) is -0.418. The van der Waals surface area contributed by atoms with Gasteiger partial charge >= 0.3 is 5.97 Å². The minimum atomic E-state index is -1.13. The molecular formula is C13H14BrN3O4. The number of benzene rings is 1. The van der Waals surface area contributed by atoms with Gasteiger partial charge in [-0.05, 0) is 23.8 Å². The van der Waals surface area contributed by atoms with E-state index in [1.165, 1.54) is 11.8 Å². The fourth-order valence-electron chi connectivity index (χ4n) is 1.87. The average molecular weight is 356 g/mol. The van der Waals surface area contributed by atoms with Gasteiger partial charge in [0.05, 0.1) is 26.0 Å². The van der Waals surface area contributed by atoms with Crippen molar-refractivity contribution < 1.29 is 19.4 Å². The van der Waals surface area contributed by atoms with Crippen molar-refractivity contribution >= 4 is 21.9 Å². The van der Waals surface area contributed by atoms with Gasteiger partial charge in [0.1, 0.15) is 5.75 Å². The first-order chi connectivity index (χ1) is 10.1. The SMILES string of the molecule is COCc1c(C(=O)O)nnn1Cc1cc(OC)ccc1Br. The molecule has 1 aromatic carbocycles. The first-order valence-electron chi connectivity index (χ1n) is 6.03. The van der Waals surface area contributed by atoms with Crippen LogP contribution < -0.4 is 4.74 Å². The topological polar surface area (TPSA) is 86.5 Å². The normalized spacial score (nSPS) is 10.6. The van der Waals surface area contributed by atoms with Gasteiger partial charge in [0, 0.05) is 11.6 Å². The Kier molecular flexibility index (Phi) is 4.92. The van der Waals surface area contributed by atoms with E-state index in [1.807, 2.05) is 18.2 Å². The second kappa shape index (κ2) is 6.68. The van der Waals surface area contributed by atoms with Crippen LogP contribution in [0.25, 0.3) is 0 Å². The fraction of sp³-hybridized carbons (Fsp3) is 0.308. The number of carbonyl (C=O) groups is 1. The maximum Gasteiger partial charge on any atom is 0.358 e. The number of aromatic carboxylic acids is 1. The lowest BCUT2D eigenvalue weighted by molar-refractivity contribution is 0.0684. The molecule has 0 aliphatic carbocycles. The summed E-state index contributed by atoms with van der Waals surface area (Å²) >= 11 is 3.45. The number of rotatable bonds is 6. The molecule has 1 heterocycles. The Morgan fingerprint density at radius 3 is 2.81 bits per heavy atom. The molecule has 0 aliphatic heterocycles. The number of nitrogens with zero attached hydrogens (tertiary/aromatic N) is 3. The van der Waals surface area contributed by atoms with Crippen molar-refractivity contribution in [1.29, 1.82) is 0 Å². The van der Waals surface area contributed by atoms with E-state index in [-0.39, 0.29) is 12.3 Å². The summed E-state index contributed by atoms with van der Waals surface area (Å²) in [5.41, 5.74) is 1.21. The largest absolute Gasteiger partial charge is 0.497 e. The van der Waals surface area contributed by atoms with Crippen LogP contribution in [0.2, 0.25) is 0 Å². The van der Waals surface area contributed by atoms with E-state index in [2.05, 4.69) is 26.2 Å². The molecule has 0 amide bonds. The molecule has 0 radical (unpaired) electrons. The number of carboxylic acid groups (broad SMARTS) is 1. The molecule has 112 valence electrons. The second-order valence-corrected chi connectivity index (χ2v) is 5.09. The zero-order valence-electron chi connectivity index (χ0n) is 11.5. The molecule has 0 saturated heterocycles. The highest BCUT2D eigenvalue weighted by molar-refractivity contribution is 9.10. The summed E-state index contributed by atoms with van der Waals surface area (Å²) in [7, 11) is 3.08. The van der Waals surface area contributed by atoms with Gasteiger partial charge < -0.3 is 14.6 Å². The van der Waals surface area contributed by atoms with Gasteiger partial charge in [0.15, 0.2) is 5.69 Å². The highest BCUT2D eigenvalue weighted by atomic mass is 79.9. The third-order valence-electron chi connectivity index (χ3n) is 2.89. The summed E-state index contributed by atoms with van der Waals surface area (Å²) in [6.07, 6.45) is 0. The Morgan fingerprint density at radius 2 is 2.19 bits per heavy atom. The van der Waals surface area contributed by atoms with Crippen LogP contribution in [0.5, 0.6) is 5.75 Å². The monoisotopic (exact) mass is 355 g/mol. The van der Waals surface area contributed by atoms with Crippen LogP contribution in [-0.2, 0) is 17.9 Å². The Morgan fingerprint density at radius 1 is 1.43 bits per heavy atom. The maximum absolute atomic E-state index is 11.1. The van der Waals surface area contributed by atoms with Gasteiger partial charge in [-0.25, -0.2) is 9.48 Å². The van der Waals surface area contributed by atoms with Crippen molar-refractivity contribution in [1.82, 2.24) is 15.0 Å². The fourth-order valence-corrected chi connectivity index (χ4v) is 2.24. The van der Waals surface area contributed by atoms with Crippen molar-refractivity contribution in [2.24, 2.45) is 0 Å². The van der Waals surface area contributed by atoms with Crippen LogP contribution in [0.3, 0.4) is 0 Å². The third-order valence-corrected chi connectivity index (χ3v) is 3.67. The number of carboxylic acids is 1. The highest BCUT2D eigenvalue weighted by Crippen LogP contribution is 2.24. The van der Waals surface area contributed by atoms with Gasteiger partial charge in [-0.3, -0.25) is 0 Å². The molecule has 2 rings (SSSR count). The second-order valence-electron chi connectivity index (χ2n) is 4.24. The minimum Gasteiger partial charge on any atom is -0.497 e. The van der Waals surface area contributed by atoms with Gasteiger partial charge in [-0.15, -0.1) is 5.10 Å². The minimum absolute atomic E-state index is 0.101. The van der Waals surface area contributed by atoms with Crippen molar-refractivity contribution in [3.63, 3.8) is 0 Å². The van der Waals surface area contributed by atoms with Gasteiger partial charge in [0.25, 0.3) is 0 Å². The predicted molar refractivity (Wildman–Crippen MR) is 77.5 cm³/mol. The Hall–Kier alpha value is -1.93. The Bertz CT molecular complexity index is 657. The Balaban J connectivity index is 2.37. The zero-order valence-corrected chi connectivity index (χ0v) is 13.1. The van der Waals surface area contributed by atoms with Gasteiger partial charge in [-0.1, -0.05) is 21.1 Å². The number of ether oxygens (including phenoxy) is 2. The lowest BCUT2D eigenvalue weighted by Gasteiger charge is -2.09. The van der Waals surface area contributed by atoms with Gasteiger partial charge in [0.2, 0.25) is 0 Å². The van der Waals surface area contributed by atoms with E-state index in [0.717, 1.165) is 10.0 Å². The smallest absolute Gasteiger partial charge is 0.358 e. The van der Waals surface area contributed by atoms with E-state index in [9.17, 15) is 4.79 Å². The number of halogens is 1. The van der Waals surface area contributed by atoms with E-state index in [1.54, 1.807) is 7.11 Å². The molecule has 0 unspecified atom stereocenters. The zero-order chi connectivity index (χ0) is 15.4. The number of hydrogen-bond donors (Lipinski definition) is 1. The van der Waals surface area contributed by atoms with E-state index >= 15 is 0 Å². The van der Waals surface area contributed by atoms with Crippen molar-refractivity contribution in [2.45, 2.75) is 13.2 Å². The highest BCUT2D eigenvalue weighted by Gasteiger charge is 2.19. The molecule has 0 fully saturated rings. The van der Waals surface area contributed by atoms with E-state index in [4.69, 9.17) is 14.6 Å². The quantitative estimate of drug-likeness (QED) is 0.851. The van der Waals surface area contributed by atoms with Crippen LogP contribution in [0, 0.1) is 0 Å². The van der Waals surface area contributed by atoms with Crippen LogP contribution in [-0.4, -0.2) is 40.3 Å². The van der Waals surface area contributed by atoms with Crippen molar-refractivity contribution in [3.05, 3.63) is 39.6 Å². The molecule has 1 aromatic heterocycles. The molecule has 0 atom stereocenters. The molecule has 0 saturated carbocycles.